The lowest BCUT2D eigenvalue weighted by Gasteiger charge is -2.10. The SMILES string of the molecule is CN(C)C(=O)c1ccc(SCCS(N)(=O)=O)c([N+](=O)[O-])c1. The van der Waals surface area contributed by atoms with Gasteiger partial charge in [-0.15, -0.1) is 11.8 Å². The molecule has 0 aromatic heterocycles. The number of carbonyl (C=O) groups is 1. The fourth-order valence-electron chi connectivity index (χ4n) is 1.44. The van der Waals surface area contributed by atoms with Crippen LogP contribution in [0, 0.1) is 10.1 Å². The van der Waals surface area contributed by atoms with Gasteiger partial charge in [0.2, 0.25) is 10.0 Å². The van der Waals surface area contributed by atoms with Crippen molar-refractivity contribution in [3.05, 3.63) is 33.9 Å². The van der Waals surface area contributed by atoms with E-state index in [-0.39, 0.29) is 28.7 Å². The van der Waals surface area contributed by atoms with Crippen LogP contribution in [0.2, 0.25) is 0 Å². The lowest BCUT2D eigenvalue weighted by Crippen LogP contribution is -2.21. The average molecular weight is 333 g/mol. The number of nitro groups is 1. The van der Waals surface area contributed by atoms with Gasteiger partial charge in [0.05, 0.1) is 15.6 Å². The minimum atomic E-state index is -3.61. The quantitative estimate of drug-likeness (QED) is 0.464. The fraction of sp³-hybridized carbons (Fsp3) is 0.364. The van der Waals surface area contributed by atoms with Crippen LogP contribution in [0.15, 0.2) is 23.1 Å². The molecule has 2 N–H and O–H groups in total. The first-order chi connectivity index (χ1) is 9.61. The van der Waals surface area contributed by atoms with Crippen LogP contribution < -0.4 is 5.14 Å². The normalized spacial score (nSPS) is 11.2. The van der Waals surface area contributed by atoms with Gasteiger partial charge >= 0.3 is 0 Å². The minimum Gasteiger partial charge on any atom is -0.345 e. The first kappa shape index (κ1) is 17.4. The van der Waals surface area contributed by atoms with E-state index >= 15 is 0 Å². The lowest BCUT2D eigenvalue weighted by molar-refractivity contribution is -0.387. The maximum absolute atomic E-state index is 11.8. The summed E-state index contributed by atoms with van der Waals surface area (Å²) >= 11 is 1.01. The third kappa shape index (κ3) is 5.33. The number of nitrogens with zero attached hydrogens (tertiary/aromatic N) is 2. The molecule has 0 aliphatic rings. The molecule has 8 nitrogen and oxygen atoms in total. The summed E-state index contributed by atoms with van der Waals surface area (Å²) in [5.41, 5.74) is -0.0374. The molecule has 0 bridgehead atoms. The van der Waals surface area contributed by atoms with Gasteiger partial charge in [-0.1, -0.05) is 0 Å². The Bertz CT molecular complexity index is 658. The molecule has 0 aliphatic carbocycles. The number of carbonyl (C=O) groups excluding carboxylic acids is 1. The summed E-state index contributed by atoms with van der Waals surface area (Å²) in [5.74, 6) is -0.535. The van der Waals surface area contributed by atoms with Crippen molar-refractivity contribution in [1.29, 1.82) is 0 Å². The van der Waals surface area contributed by atoms with Gasteiger partial charge in [0, 0.05) is 31.5 Å². The third-order valence-electron chi connectivity index (χ3n) is 2.43. The highest BCUT2D eigenvalue weighted by molar-refractivity contribution is 8.00. The van der Waals surface area contributed by atoms with Crippen molar-refractivity contribution in [3.8, 4) is 0 Å². The van der Waals surface area contributed by atoms with E-state index in [9.17, 15) is 23.3 Å². The van der Waals surface area contributed by atoms with Gasteiger partial charge in [-0.25, -0.2) is 13.6 Å². The van der Waals surface area contributed by atoms with Crippen molar-refractivity contribution in [3.63, 3.8) is 0 Å². The fourth-order valence-corrected chi connectivity index (χ4v) is 3.37. The smallest absolute Gasteiger partial charge is 0.283 e. The van der Waals surface area contributed by atoms with Crippen molar-refractivity contribution in [2.45, 2.75) is 4.90 Å². The van der Waals surface area contributed by atoms with Gasteiger partial charge in [-0.05, 0) is 12.1 Å². The van der Waals surface area contributed by atoms with Crippen LogP contribution in [0.4, 0.5) is 5.69 Å². The van der Waals surface area contributed by atoms with Gasteiger partial charge in [0.1, 0.15) is 0 Å². The van der Waals surface area contributed by atoms with Crippen LogP contribution in [0.5, 0.6) is 0 Å². The Morgan fingerprint density at radius 3 is 2.52 bits per heavy atom. The number of sulfonamides is 1. The summed E-state index contributed by atoms with van der Waals surface area (Å²) in [6.45, 7) is 0. The Morgan fingerprint density at radius 2 is 2.05 bits per heavy atom. The van der Waals surface area contributed by atoms with Gasteiger partial charge < -0.3 is 4.90 Å². The van der Waals surface area contributed by atoms with Crippen LogP contribution in [0.1, 0.15) is 10.4 Å². The third-order valence-corrected chi connectivity index (χ3v) is 4.53. The Morgan fingerprint density at radius 1 is 1.43 bits per heavy atom. The van der Waals surface area contributed by atoms with Crippen LogP contribution in [0.25, 0.3) is 0 Å². The summed E-state index contributed by atoms with van der Waals surface area (Å²) in [4.78, 5) is 23.8. The second-order valence-corrected chi connectivity index (χ2v) is 7.23. The molecule has 0 atom stereocenters. The van der Waals surface area contributed by atoms with E-state index in [4.69, 9.17) is 5.14 Å². The Balaban J connectivity index is 3.00. The first-order valence-electron chi connectivity index (χ1n) is 5.75. The summed E-state index contributed by atoms with van der Waals surface area (Å²) in [7, 11) is -0.523. The van der Waals surface area contributed by atoms with E-state index < -0.39 is 14.9 Å². The molecule has 0 radical (unpaired) electrons. The number of benzene rings is 1. The maximum Gasteiger partial charge on any atom is 0.283 e. The van der Waals surface area contributed by atoms with Gasteiger partial charge in [-0.3, -0.25) is 14.9 Å². The number of thioether (sulfide) groups is 1. The molecule has 0 saturated carbocycles. The largest absolute Gasteiger partial charge is 0.345 e. The average Bonchev–Trinajstić information content (AvgIpc) is 2.36. The molecular weight excluding hydrogens is 318 g/mol. The molecule has 0 fully saturated rings. The summed E-state index contributed by atoms with van der Waals surface area (Å²) in [6, 6.07) is 4.08. The van der Waals surface area contributed by atoms with E-state index in [0.29, 0.717) is 4.90 Å². The lowest BCUT2D eigenvalue weighted by atomic mass is 10.2. The number of nitro benzene ring substituents is 1. The first-order valence-corrected chi connectivity index (χ1v) is 8.45. The summed E-state index contributed by atoms with van der Waals surface area (Å²) in [6.07, 6.45) is 0. The van der Waals surface area contributed by atoms with E-state index in [0.717, 1.165) is 11.8 Å². The number of nitrogens with two attached hydrogens (primary N) is 1. The summed E-state index contributed by atoms with van der Waals surface area (Å²) in [5, 5.41) is 15.9. The van der Waals surface area contributed by atoms with Crippen molar-refractivity contribution >= 4 is 33.4 Å². The van der Waals surface area contributed by atoms with E-state index in [1.165, 1.54) is 23.1 Å². The van der Waals surface area contributed by atoms with E-state index in [1.54, 1.807) is 14.1 Å². The molecule has 0 spiro atoms. The van der Waals surface area contributed by atoms with Gasteiger partial charge in [0.25, 0.3) is 11.6 Å². The highest BCUT2D eigenvalue weighted by Gasteiger charge is 2.19. The van der Waals surface area contributed by atoms with Crippen molar-refractivity contribution in [1.82, 2.24) is 4.90 Å². The molecule has 1 aromatic rings. The van der Waals surface area contributed by atoms with Crippen LogP contribution in [-0.4, -0.2) is 49.7 Å². The molecule has 0 aliphatic heterocycles. The standard InChI is InChI=1S/C11H15N3O5S2/c1-13(2)11(15)8-3-4-10(9(7-8)14(16)17)20-5-6-21(12,18)19/h3-4,7H,5-6H2,1-2H3,(H2,12,18,19). The zero-order valence-electron chi connectivity index (χ0n) is 11.5. The number of rotatable bonds is 6. The maximum atomic E-state index is 11.8. The molecule has 21 heavy (non-hydrogen) atoms. The van der Waals surface area contributed by atoms with E-state index in [2.05, 4.69) is 0 Å². The van der Waals surface area contributed by atoms with Crippen molar-refractivity contribution in [2.24, 2.45) is 5.14 Å². The van der Waals surface area contributed by atoms with Crippen LogP contribution in [-0.2, 0) is 10.0 Å². The van der Waals surface area contributed by atoms with E-state index in [1.807, 2.05) is 0 Å². The molecule has 0 heterocycles. The second-order valence-electron chi connectivity index (χ2n) is 4.35. The van der Waals surface area contributed by atoms with Crippen LogP contribution >= 0.6 is 11.8 Å². The number of hydrogen-bond acceptors (Lipinski definition) is 6. The zero-order chi connectivity index (χ0) is 16.2. The Kier molecular flexibility index (Phi) is 5.70. The molecule has 1 amide bonds. The monoisotopic (exact) mass is 333 g/mol. The Labute approximate surface area is 126 Å². The highest BCUT2D eigenvalue weighted by Crippen LogP contribution is 2.30. The van der Waals surface area contributed by atoms with Gasteiger partial charge in [0.15, 0.2) is 0 Å². The number of amides is 1. The molecule has 1 aromatic carbocycles. The second kappa shape index (κ2) is 6.87. The summed E-state index contributed by atoms with van der Waals surface area (Å²) < 4.78 is 21.7. The Hall–Kier alpha value is -1.65. The molecule has 10 heteroatoms. The zero-order valence-corrected chi connectivity index (χ0v) is 13.1. The molecular formula is C11H15N3O5S2. The number of primary sulfonamides is 1. The molecule has 1 rings (SSSR count). The predicted molar refractivity (Wildman–Crippen MR) is 79.8 cm³/mol. The minimum absolute atomic E-state index is 0.0979. The molecule has 0 unspecified atom stereocenters. The van der Waals surface area contributed by atoms with Crippen LogP contribution in [0.3, 0.4) is 0 Å². The predicted octanol–water partition coefficient (Wildman–Crippen LogP) is 0.677. The number of hydrogen-bond donors (Lipinski definition) is 1. The van der Waals surface area contributed by atoms with Gasteiger partial charge in [-0.2, -0.15) is 0 Å². The molecule has 116 valence electrons. The van der Waals surface area contributed by atoms with Crippen molar-refractivity contribution in [2.75, 3.05) is 25.6 Å². The molecule has 0 saturated heterocycles. The van der Waals surface area contributed by atoms with Crippen molar-refractivity contribution < 1.29 is 18.1 Å². The highest BCUT2D eigenvalue weighted by atomic mass is 32.2. The topological polar surface area (TPSA) is 124 Å².